The fraction of sp³-hybridized carbons (Fsp3) is 0.375. The molecular weight excluding hydrogens is 168 g/mol. The van der Waals surface area contributed by atoms with Crippen molar-refractivity contribution in [3.63, 3.8) is 0 Å². The largest absolute Gasteiger partial charge is 0.372 e. The zero-order chi connectivity index (χ0) is 9.68. The molecule has 0 bridgehead atoms. The topological polar surface area (TPSA) is 66.9 Å². The molecule has 0 fully saturated rings. The van der Waals surface area contributed by atoms with Crippen molar-refractivity contribution in [2.45, 2.75) is 6.92 Å². The number of carbonyl (C=O) groups is 1. The van der Waals surface area contributed by atoms with Crippen LogP contribution in [-0.2, 0) is 0 Å². The molecule has 2 N–H and O–H groups in total. The summed E-state index contributed by atoms with van der Waals surface area (Å²) < 4.78 is 0. The van der Waals surface area contributed by atoms with E-state index < -0.39 is 0 Å². The molecule has 0 saturated carbocycles. The first-order chi connectivity index (χ1) is 6.27. The Balaban J connectivity index is 2.74. The van der Waals surface area contributed by atoms with E-state index in [1.54, 1.807) is 7.05 Å². The maximum absolute atomic E-state index is 11.2. The lowest BCUT2D eigenvalue weighted by atomic mass is 10.4. The highest BCUT2D eigenvalue weighted by molar-refractivity contribution is 5.91. The molecule has 0 aromatic carbocycles. The van der Waals surface area contributed by atoms with Gasteiger partial charge in [-0.1, -0.05) is 0 Å². The summed E-state index contributed by atoms with van der Waals surface area (Å²) in [6.07, 6.45) is 2.96. The monoisotopic (exact) mass is 180 g/mol. The lowest BCUT2D eigenvalue weighted by Crippen LogP contribution is -2.23. The summed E-state index contributed by atoms with van der Waals surface area (Å²) in [5.74, 6) is 0.450. The van der Waals surface area contributed by atoms with Crippen molar-refractivity contribution in [1.29, 1.82) is 0 Å². The molecule has 1 heterocycles. The first-order valence-corrected chi connectivity index (χ1v) is 4.06. The third-order valence-corrected chi connectivity index (χ3v) is 1.48. The van der Waals surface area contributed by atoms with Gasteiger partial charge in [0.05, 0.1) is 12.4 Å². The van der Waals surface area contributed by atoms with Gasteiger partial charge < -0.3 is 10.6 Å². The predicted octanol–water partition coefficient (Wildman–Crippen LogP) is 0.268. The second-order valence-electron chi connectivity index (χ2n) is 2.40. The Hall–Kier alpha value is -1.65. The fourth-order valence-electron chi connectivity index (χ4n) is 0.826. The van der Waals surface area contributed by atoms with E-state index in [2.05, 4.69) is 20.6 Å². The molecular formula is C8H12N4O. The van der Waals surface area contributed by atoms with Crippen molar-refractivity contribution in [2.75, 3.05) is 18.9 Å². The Morgan fingerprint density at radius 2 is 2.23 bits per heavy atom. The minimum atomic E-state index is -0.197. The molecule has 0 spiro atoms. The van der Waals surface area contributed by atoms with Gasteiger partial charge in [0.25, 0.3) is 5.91 Å². The van der Waals surface area contributed by atoms with E-state index >= 15 is 0 Å². The molecule has 0 atom stereocenters. The summed E-state index contributed by atoms with van der Waals surface area (Å²) in [7, 11) is 1.75. The normalized spacial score (nSPS) is 9.38. The minimum Gasteiger partial charge on any atom is -0.372 e. The van der Waals surface area contributed by atoms with Gasteiger partial charge in [-0.2, -0.15) is 0 Å². The van der Waals surface area contributed by atoms with Crippen LogP contribution in [0.25, 0.3) is 0 Å². The predicted molar refractivity (Wildman–Crippen MR) is 49.6 cm³/mol. The lowest BCUT2D eigenvalue weighted by molar-refractivity contribution is 0.0950. The number of rotatable bonds is 3. The third kappa shape index (κ3) is 2.40. The van der Waals surface area contributed by atoms with Gasteiger partial charge in [0, 0.05) is 13.6 Å². The molecule has 0 aliphatic heterocycles. The number of amides is 1. The fourth-order valence-corrected chi connectivity index (χ4v) is 0.826. The quantitative estimate of drug-likeness (QED) is 0.700. The average Bonchev–Trinajstić information content (AvgIpc) is 2.18. The smallest absolute Gasteiger partial charge is 0.271 e. The first-order valence-electron chi connectivity index (χ1n) is 4.06. The molecule has 5 nitrogen and oxygen atoms in total. The molecule has 13 heavy (non-hydrogen) atoms. The van der Waals surface area contributed by atoms with E-state index in [0.717, 1.165) is 0 Å². The van der Waals surface area contributed by atoms with E-state index in [1.165, 1.54) is 12.4 Å². The number of carbonyl (C=O) groups excluding carboxylic acids is 1. The Bertz CT molecular complexity index is 283. The average molecular weight is 180 g/mol. The van der Waals surface area contributed by atoms with Crippen LogP contribution in [0, 0.1) is 0 Å². The molecule has 0 radical (unpaired) electrons. The van der Waals surface area contributed by atoms with Crippen LogP contribution in [0.4, 0.5) is 5.82 Å². The Morgan fingerprint density at radius 3 is 2.69 bits per heavy atom. The molecule has 0 aliphatic carbocycles. The number of nitrogens with zero attached hydrogens (tertiary/aromatic N) is 2. The van der Waals surface area contributed by atoms with Crippen molar-refractivity contribution >= 4 is 11.7 Å². The van der Waals surface area contributed by atoms with Crippen LogP contribution in [0.15, 0.2) is 12.4 Å². The molecule has 1 amide bonds. The SMILES string of the molecule is CCNC(=O)c1cnc(NC)cn1. The molecule has 1 aromatic heterocycles. The van der Waals surface area contributed by atoms with Gasteiger partial charge >= 0.3 is 0 Å². The van der Waals surface area contributed by atoms with Gasteiger partial charge in [-0.05, 0) is 6.92 Å². The van der Waals surface area contributed by atoms with Crippen LogP contribution in [0.2, 0.25) is 0 Å². The van der Waals surface area contributed by atoms with Crippen molar-refractivity contribution in [1.82, 2.24) is 15.3 Å². The van der Waals surface area contributed by atoms with Crippen LogP contribution in [-0.4, -0.2) is 29.5 Å². The second-order valence-corrected chi connectivity index (χ2v) is 2.40. The van der Waals surface area contributed by atoms with Crippen LogP contribution in [0.5, 0.6) is 0 Å². The standard InChI is InChI=1S/C8H12N4O/c1-3-10-8(13)6-4-12-7(9-2)5-11-6/h4-5H,3H2,1-2H3,(H,9,12)(H,10,13). The van der Waals surface area contributed by atoms with Crippen molar-refractivity contribution < 1.29 is 4.79 Å². The third-order valence-electron chi connectivity index (χ3n) is 1.48. The van der Waals surface area contributed by atoms with Gasteiger partial charge in [0.1, 0.15) is 11.5 Å². The van der Waals surface area contributed by atoms with Gasteiger partial charge in [-0.15, -0.1) is 0 Å². The Morgan fingerprint density at radius 1 is 1.46 bits per heavy atom. The molecule has 0 aliphatic rings. The zero-order valence-corrected chi connectivity index (χ0v) is 7.66. The van der Waals surface area contributed by atoms with Crippen molar-refractivity contribution in [3.8, 4) is 0 Å². The van der Waals surface area contributed by atoms with Crippen LogP contribution in [0.3, 0.4) is 0 Å². The molecule has 70 valence electrons. The van der Waals surface area contributed by atoms with Crippen LogP contribution in [0.1, 0.15) is 17.4 Å². The summed E-state index contributed by atoms with van der Waals surface area (Å²) >= 11 is 0. The Kier molecular flexibility index (Phi) is 3.19. The summed E-state index contributed by atoms with van der Waals surface area (Å²) in [5, 5.41) is 5.46. The highest BCUT2D eigenvalue weighted by Crippen LogP contribution is 1.98. The summed E-state index contributed by atoms with van der Waals surface area (Å²) in [6, 6.07) is 0. The maximum Gasteiger partial charge on any atom is 0.271 e. The van der Waals surface area contributed by atoms with E-state index in [0.29, 0.717) is 18.1 Å². The molecule has 5 heteroatoms. The highest BCUT2D eigenvalue weighted by Gasteiger charge is 2.04. The lowest BCUT2D eigenvalue weighted by Gasteiger charge is -2.01. The number of aromatic nitrogens is 2. The number of anilines is 1. The highest BCUT2D eigenvalue weighted by atomic mass is 16.1. The zero-order valence-electron chi connectivity index (χ0n) is 7.66. The Labute approximate surface area is 76.6 Å². The van der Waals surface area contributed by atoms with Crippen molar-refractivity contribution in [3.05, 3.63) is 18.1 Å². The summed E-state index contributed by atoms with van der Waals surface area (Å²) in [4.78, 5) is 19.1. The van der Waals surface area contributed by atoms with E-state index in [4.69, 9.17) is 0 Å². The number of nitrogens with one attached hydrogen (secondary N) is 2. The van der Waals surface area contributed by atoms with Gasteiger partial charge in [-0.25, -0.2) is 9.97 Å². The van der Waals surface area contributed by atoms with Crippen molar-refractivity contribution in [2.24, 2.45) is 0 Å². The van der Waals surface area contributed by atoms with Gasteiger partial charge in [0.15, 0.2) is 0 Å². The van der Waals surface area contributed by atoms with Crippen LogP contribution >= 0.6 is 0 Å². The van der Waals surface area contributed by atoms with E-state index in [9.17, 15) is 4.79 Å². The molecule has 0 saturated heterocycles. The molecule has 1 rings (SSSR count). The minimum absolute atomic E-state index is 0.197. The van der Waals surface area contributed by atoms with E-state index in [-0.39, 0.29) is 5.91 Å². The number of hydrogen-bond donors (Lipinski definition) is 2. The van der Waals surface area contributed by atoms with Gasteiger partial charge in [0.2, 0.25) is 0 Å². The second kappa shape index (κ2) is 4.39. The van der Waals surface area contributed by atoms with Gasteiger partial charge in [-0.3, -0.25) is 4.79 Å². The molecule has 0 unspecified atom stereocenters. The van der Waals surface area contributed by atoms with E-state index in [1.807, 2.05) is 6.92 Å². The first kappa shape index (κ1) is 9.44. The molecule has 1 aromatic rings. The summed E-state index contributed by atoms with van der Waals surface area (Å²) in [6.45, 7) is 2.45. The summed E-state index contributed by atoms with van der Waals surface area (Å²) in [5.41, 5.74) is 0.334. The van der Waals surface area contributed by atoms with Crippen LogP contribution < -0.4 is 10.6 Å². The number of hydrogen-bond acceptors (Lipinski definition) is 4. The maximum atomic E-state index is 11.2.